The first-order valence-corrected chi connectivity index (χ1v) is 9.43. The van der Waals surface area contributed by atoms with Crippen LogP contribution in [0.15, 0.2) is 30.6 Å². The lowest BCUT2D eigenvalue weighted by Crippen LogP contribution is -2.11. The summed E-state index contributed by atoms with van der Waals surface area (Å²) >= 11 is 0. The molecule has 29 heavy (non-hydrogen) atoms. The molecule has 0 radical (unpaired) electrons. The van der Waals surface area contributed by atoms with E-state index in [1.54, 1.807) is 26.6 Å². The number of benzene rings is 2. The number of aromatic nitrogens is 2. The molecule has 0 bridgehead atoms. The van der Waals surface area contributed by atoms with E-state index in [4.69, 9.17) is 18.9 Å². The molecule has 0 saturated heterocycles. The minimum absolute atomic E-state index is 0.0226. The highest BCUT2D eigenvalue weighted by Gasteiger charge is 2.28. The number of rotatable bonds is 6. The van der Waals surface area contributed by atoms with Crippen molar-refractivity contribution in [3.63, 3.8) is 0 Å². The molecule has 7 nitrogen and oxygen atoms in total. The molecular weight excluding hydrogens is 372 g/mol. The van der Waals surface area contributed by atoms with Gasteiger partial charge in [0.05, 0.1) is 25.9 Å². The van der Waals surface area contributed by atoms with Crippen molar-refractivity contribution in [2.45, 2.75) is 33.0 Å². The molecule has 2 heterocycles. The minimum Gasteiger partial charge on any atom is -0.493 e. The third kappa shape index (κ3) is 3.33. The molecule has 0 aliphatic carbocycles. The highest BCUT2D eigenvalue weighted by molar-refractivity contribution is 6.11. The van der Waals surface area contributed by atoms with E-state index in [0.29, 0.717) is 28.6 Å². The van der Waals surface area contributed by atoms with Gasteiger partial charge in [0.1, 0.15) is 6.61 Å². The molecule has 0 amide bonds. The Morgan fingerprint density at radius 1 is 1.07 bits per heavy atom. The van der Waals surface area contributed by atoms with Gasteiger partial charge in [0.2, 0.25) is 0 Å². The van der Waals surface area contributed by atoms with Crippen LogP contribution in [0.25, 0.3) is 21.9 Å². The molecule has 4 rings (SSSR count). The number of carbonyl (C=O) groups excluding carboxylic acids is 1. The van der Waals surface area contributed by atoms with Gasteiger partial charge in [0, 0.05) is 29.1 Å². The van der Waals surface area contributed by atoms with E-state index in [9.17, 15) is 4.79 Å². The van der Waals surface area contributed by atoms with E-state index in [0.717, 1.165) is 28.3 Å². The van der Waals surface area contributed by atoms with Crippen molar-refractivity contribution in [2.75, 3.05) is 14.2 Å². The Hall–Kier alpha value is -3.35. The van der Waals surface area contributed by atoms with Gasteiger partial charge in [-0.05, 0) is 42.3 Å². The first-order chi connectivity index (χ1) is 14.0. The topological polar surface area (TPSA) is 79.8 Å². The average molecular weight is 394 g/mol. The maximum Gasteiger partial charge on any atom is 0.339 e. The van der Waals surface area contributed by atoms with Crippen molar-refractivity contribution < 1.29 is 23.7 Å². The van der Waals surface area contributed by atoms with Crippen LogP contribution in [0.1, 0.15) is 36.2 Å². The number of carbonyl (C=O) groups is 1. The zero-order valence-electron chi connectivity index (χ0n) is 16.8. The summed E-state index contributed by atoms with van der Waals surface area (Å²) in [4.78, 5) is 21.2. The number of esters is 1. The summed E-state index contributed by atoms with van der Waals surface area (Å²) < 4.78 is 21.9. The van der Waals surface area contributed by atoms with Crippen LogP contribution in [0.5, 0.6) is 17.5 Å². The van der Waals surface area contributed by atoms with Gasteiger partial charge < -0.3 is 18.9 Å². The smallest absolute Gasteiger partial charge is 0.339 e. The Labute approximate surface area is 168 Å². The Balaban J connectivity index is 1.92. The van der Waals surface area contributed by atoms with Gasteiger partial charge in [-0.25, -0.2) is 14.8 Å². The summed E-state index contributed by atoms with van der Waals surface area (Å²) in [5, 5.41) is 1.74. The number of hydrogen-bond donors (Lipinski definition) is 0. The summed E-state index contributed by atoms with van der Waals surface area (Å²) in [6.45, 7) is 4.23. The largest absolute Gasteiger partial charge is 0.493 e. The lowest BCUT2D eigenvalue weighted by Gasteiger charge is -2.15. The molecule has 0 saturated carbocycles. The third-order valence-corrected chi connectivity index (χ3v) is 5.09. The third-order valence-electron chi connectivity index (χ3n) is 5.09. The predicted octanol–water partition coefficient (Wildman–Crippen LogP) is 4.16. The predicted molar refractivity (Wildman–Crippen MR) is 108 cm³/mol. The molecule has 1 aliphatic heterocycles. The molecule has 2 aromatic carbocycles. The van der Waals surface area contributed by atoms with Crippen molar-refractivity contribution in [1.29, 1.82) is 0 Å². The van der Waals surface area contributed by atoms with Gasteiger partial charge in [-0.1, -0.05) is 6.92 Å². The fraction of sp³-hybridized carbons (Fsp3) is 0.318. The second kappa shape index (κ2) is 7.58. The summed E-state index contributed by atoms with van der Waals surface area (Å²) in [5.41, 5.74) is 2.78. The SMILES string of the molecule is CCC(C)Oc1ncc(-c2c3c(cc4cc(OC)c(OC)cc24)COC3=O)cn1. The Morgan fingerprint density at radius 3 is 2.41 bits per heavy atom. The number of hydrogen-bond acceptors (Lipinski definition) is 7. The van der Waals surface area contributed by atoms with E-state index >= 15 is 0 Å². The molecule has 0 spiro atoms. The Kier molecular flexibility index (Phi) is 4.96. The van der Waals surface area contributed by atoms with Gasteiger partial charge in [-0.3, -0.25) is 0 Å². The number of ether oxygens (including phenoxy) is 4. The summed E-state index contributed by atoms with van der Waals surface area (Å²) in [6, 6.07) is 6.00. The fourth-order valence-corrected chi connectivity index (χ4v) is 3.42. The summed E-state index contributed by atoms with van der Waals surface area (Å²) in [7, 11) is 3.17. The van der Waals surface area contributed by atoms with Crippen LogP contribution in [0.4, 0.5) is 0 Å². The standard InChI is InChI=1S/C22H22N2O5/c1-5-12(2)29-22-23-9-15(10-24-22)19-16-8-18(27-4)17(26-3)7-13(16)6-14-11-28-21(25)20(14)19/h6-10,12H,5,11H2,1-4H3. The van der Waals surface area contributed by atoms with Crippen LogP contribution in [-0.4, -0.2) is 36.3 Å². The van der Waals surface area contributed by atoms with Gasteiger partial charge in [-0.2, -0.15) is 0 Å². The zero-order chi connectivity index (χ0) is 20.5. The van der Waals surface area contributed by atoms with Gasteiger partial charge >= 0.3 is 12.0 Å². The fourth-order valence-electron chi connectivity index (χ4n) is 3.42. The van der Waals surface area contributed by atoms with Gasteiger partial charge in [0.25, 0.3) is 0 Å². The zero-order valence-corrected chi connectivity index (χ0v) is 16.8. The molecule has 0 N–H and O–H groups in total. The molecule has 1 aromatic heterocycles. The van der Waals surface area contributed by atoms with Gasteiger partial charge in [-0.15, -0.1) is 0 Å². The van der Waals surface area contributed by atoms with E-state index in [1.165, 1.54) is 0 Å². The maximum absolute atomic E-state index is 12.5. The van der Waals surface area contributed by atoms with Crippen molar-refractivity contribution in [1.82, 2.24) is 9.97 Å². The molecule has 1 aliphatic rings. The second-order valence-electron chi connectivity index (χ2n) is 6.88. The number of cyclic esters (lactones) is 1. The summed E-state index contributed by atoms with van der Waals surface area (Å²) in [5.74, 6) is 0.835. The normalized spacial score (nSPS) is 13.7. The second-order valence-corrected chi connectivity index (χ2v) is 6.88. The molecule has 3 aromatic rings. The lowest BCUT2D eigenvalue weighted by molar-refractivity contribution is 0.0535. The number of fused-ring (bicyclic) bond motifs is 2. The first kappa shape index (κ1) is 19.0. The van der Waals surface area contributed by atoms with Crippen LogP contribution in [0, 0.1) is 0 Å². The summed E-state index contributed by atoms with van der Waals surface area (Å²) in [6.07, 6.45) is 4.22. The van der Waals surface area contributed by atoms with Crippen LogP contribution < -0.4 is 14.2 Å². The highest BCUT2D eigenvalue weighted by atomic mass is 16.5. The molecule has 7 heteroatoms. The van der Waals surface area contributed by atoms with Crippen molar-refractivity contribution in [3.05, 3.63) is 41.7 Å². The van der Waals surface area contributed by atoms with E-state index in [1.807, 2.05) is 32.0 Å². The number of nitrogens with zero attached hydrogens (tertiary/aromatic N) is 2. The Morgan fingerprint density at radius 2 is 1.76 bits per heavy atom. The van der Waals surface area contributed by atoms with Crippen LogP contribution in [0.3, 0.4) is 0 Å². The van der Waals surface area contributed by atoms with E-state index in [-0.39, 0.29) is 18.7 Å². The molecular formula is C22H22N2O5. The van der Waals surface area contributed by atoms with E-state index in [2.05, 4.69) is 9.97 Å². The van der Waals surface area contributed by atoms with Gasteiger partial charge in [0.15, 0.2) is 11.5 Å². The van der Waals surface area contributed by atoms with E-state index < -0.39 is 0 Å². The minimum atomic E-state index is -0.355. The molecule has 1 atom stereocenters. The maximum atomic E-state index is 12.5. The quantitative estimate of drug-likeness (QED) is 0.581. The molecule has 150 valence electrons. The molecule has 0 fully saturated rings. The van der Waals surface area contributed by atoms with Crippen LogP contribution >= 0.6 is 0 Å². The average Bonchev–Trinajstić information content (AvgIpc) is 3.11. The molecule has 1 unspecified atom stereocenters. The van der Waals surface area contributed by atoms with Crippen LogP contribution in [-0.2, 0) is 11.3 Å². The van der Waals surface area contributed by atoms with Crippen LogP contribution in [0.2, 0.25) is 0 Å². The highest BCUT2D eigenvalue weighted by Crippen LogP contribution is 2.42. The lowest BCUT2D eigenvalue weighted by atomic mass is 9.91. The first-order valence-electron chi connectivity index (χ1n) is 9.43. The Bertz CT molecular complexity index is 1080. The van der Waals surface area contributed by atoms with Crippen molar-refractivity contribution in [3.8, 4) is 28.6 Å². The van der Waals surface area contributed by atoms with Crippen molar-refractivity contribution >= 4 is 16.7 Å². The monoisotopic (exact) mass is 394 g/mol. The number of methoxy groups -OCH3 is 2. The van der Waals surface area contributed by atoms with Crippen molar-refractivity contribution in [2.24, 2.45) is 0 Å².